The van der Waals surface area contributed by atoms with Gasteiger partial charge in [0.2, 0.25) is 0 Å². The van der Waals surface area contributed by atoms with Gasteiger partial charge in [0.05, 0.1) is 7.11 Å². The van der Waals surface area contributed by atoms with Crippen LogP contribution in [-0.2, 0) is 22.4 Å². The topological polar surface area (TPSA) is 55.8 Å². The van der Waals surface area contributed by atoms with Crippen LogP contribution in [0.5, 0.6) is 11.5 Å². The minimum absolute atomic E-state index is 0.237. The first-order valence-corrected chi connectivity index (χ1v) is 6.25. The Kier molecular flexibility index (Phi) is 3.75. The number of phenols is 1. The largest absolute Gasteiger partial charge is 0.508 e. The normalized spacial score (nSPS) is 17.8. The highest BCUT2D eigenvalue weighted by molar-refractivity contribution is 5.75. The van der Waals surface area contributed by atoms with Crippen molar-refractivity contribution in [2.45, 2.75) is 38.7 Å². The monoisotopic (exact) mass is 250 g/mol. The zero-order chi connectivity index (χ0) is 13.1. The molecule has 4 nitrogen and oxygen atoms in total. The van der Waals surface area contributed by atoms with Gasteiger partial charge in [-0.05, 0) is 30.9 Å². The fourth-order valence-electron chi connectivity index (χ4n) is 2.29. The summed E-state index contributed by atoms with van der Waals surface area (Å²) in [7, 11) is 1.36. The van der Waals surface area contributed by atoms with Crippen molar-refractivity contribution in [3.05, 3.63) is 23.3 Å². The summed E-state index contributed by atoms with van der Waals surface area (Å²) < 4.78 is 10.4. The van der Waals surface area contributed by atoms with Crippen molar-refractivity contribution in [2.24, 2.45) is 0 Å². The number of benzene rings is 1. The molecule has 98 valence electrons. The highest BCUT2D eigenvalue weighted by Gasteiger charge is 2.29. The molecule has 0 saturated carbocycles. The van der Waals surface area contributed by atoms with E-state index in [0.717, 1.165) is 30.4 Å². The van der Waals surface area contributed by atoms with Crippen LogP contribution in [0.2, 0.25) is 0 Å². The number of phenolic OH excluding ortho intramolecular Hbond substituents is 1. The molecule has 0 fully saturated rings. The first-order chi connectivity index (χ1) is 8.67. The predicted octanol–water partition coefficient (Wildman–Crippen LogP) is 2.21. The Morgan fingerprint density at radius 3 is 3.00 bits per heavy atom. The van der Waals surface area contributed by atoms with E-state index in [2.05, 4.69) is 0 Å². The van der Waals surface area contributed by atoms with Gasteiger partial charge in [-0.2, -0.15) is 0 Å². The van der Waals surface area contributed by atoms with E-state index in [0.29, 0.717) is 12.2 Å². The van der Waals surface area contributed by atoms with E-state index < -0.39 is 6.10 Å². The molecule has 1 atom stereocenters. The summed E-state index contributed by atoms with van der Waals surface area (Å²) in [6.45, 7) is 2.04. The van der Waals surface area contributed by atoms with Crippen molar-refractivity contribution < 1.29 is 19.4 Å². The first kappa shape index (κ1) is 12.7. The van der Waals surface area contributed by atoms with Gasteiger partial charge < -0.3 is 14.6 Å². The number of esters is 1. The lowest BCUT2D eigenvalue weighted by Crippen LogP contribution is -2.32. The van der Waals surface area contributed by atoms with Crippen molar-refractivity contribution in [1.29, 1.82) is 0 Å². The van der Waals surface area contributed by atoms with Crippen molar-refractivity contribution in [2.75, 3.05) is 7.11 Å². The van der Waals surface area contributed by atoms with Gasteiger partial charge in [0.15, 0.2) is 6.10 Å². The Bertz CT molecular complexity index is 453. The number of hydrogen-bond acceptors (Lipinski definition) is 4. The van der Waals surface area contributed by atoms with Crippen LogP contribution in [0.4, 0.5) is 0 Å². The minimum atomic E-state index is -0.556. The number of ether oxygens (including phenoxy) is 2. The molecular formula is C14H18O4. The third-order valence-corrected chi connectivity index (χ3v) is 3.22. The minimum Gasteiger partial charge on any atom is -0.508 e. The van der Waals surface area contributed by atoms with Gasteiger partial charge in [0.25, 0.3) is 0 Å². The number of fused-ring (bicyclic) bond motifs is 1. The Hall–Kier alpha value is -1.71. The molecule has 0 saturated heterocycles. The van der Waals surface area contributed by atoms with E-state index in [4.69, 9.17) is 9.47 Å². The smallest absolute Gasteiger partial charge is 0.347 e. The van der Waals surface area contributed by atoms with Crippen LogP contribution in [0.25, 0.3) is 0 Å². The van der Waals surface area contributed by atoms with Crippen LogP contribution in [-0.4, -0.2) is 24.3 Å². The number of rotatable bonds is 3. The van der Waals surface area contributed by atoms with Gasteiger partial charge in [0, 0.05) is 5.56 Å². The molecule has 1 aromatic carbocycles. The van der Waals surface area contributed by atoms with E-state index >= 15 is 0 Å². The second-order valence-electron chi connectivity index (χ2n) is 4.47. The molecule has 1 aliphatic rings. The lowest BCUT2D eigenvalue weighted by Gasteiger charge is -2.26. The van der Waals surface area contributed by atoms with E-state index in [-0.39, 0.29) is 11.7 Å². The fraction of sp³-hybridized carbons (Fsp3) is 0.500. The number of hydrogen-bond donors (Lipinski definition) is 1. The lowest BCUT2D eigenvalue weighted by molar-refractivity contribution is -0.149. The van der Waals surface area contributed by atoms with Crippen LogP contribution < -0.4 is 4.74 Å². The maximum absolute atomic E-state index is 11.5. The van der Waals surface area contributed by atoms with E-state index in [9.17, 15) is 9.90 Å². The van der Waals surface area contributed by atoms with Gasteiger partial charge in [-0.1, -0.05) is 19.4 Å². The number of methoxy groups -OCH3 is 1. The molecule has 0 aromatic heterocycles. The first-order valence-electron chi connectivity index (χ1n) is 6.25. The molecule has 1 N–H and O–H groups in total. The van der Waals surface area contributed by atoms with Crippen LogP contribution in [0, 0.1) is 0 Å². The molecule has 2 rings (SSSR count). The average molecular weight is 250 g/mol. The summed E-state index contributed by atoms with van der Waals surface area (Å²) in [4.78, 5) is 11.5. The van der Waals surface area contributed by atoms with Gasteiger partial charge >= 0.3 is 5.97 Å². The van der Waals surface area contributed by atoms with Crippen molar-refractivity contribution in [3.63, 3.8) is 0 Å². The third-order valence-electron chi connectivity index (χ3n) is 3.22. The molecule has 1 heterocycles. The number of aryl methyl sites for hydroxylation is 1. The molecule has 1 unspecified atom stereocenters. The standard InChI is InChI=1S/C14H18O4/c1-3-4-10-11(15)7-5-9-6-8-12(14(16)17-2)18-13(9)10/h5,7,12,15H,3-4,6,8H2,1-2H3. The van der Waals surface area contributed by atoms with Crippen LogP contribution >= 0.6 is 0 Å². The van der Waals surface area contributed by atoms with Gasteiger partial charge in [0.1, 0.15) is 11.5 Å². The van der Waals surface area contributed by atoms with Crippen molar-refractivity contribution in [1.82, 2.24) is 0 Å². The summed E-state index contributed by atoms with van der Waals surface area (Å²) in [6, 6.07) is 3.56. The molecule has 1 aromatic rings. The quantitative estimate of drug-likeness (QED) is 0.836. The predicted molar refractivity (Wildman–Crippen MR) is 66.9 cm³/mol. The van der Waals surface area contributed by atoms with E-state index in [1.54, 1.807) is 6.07 Å². The molecular weight excluding hydrogens is 232 g/mol. The second-order valence-corrected chi connectivity index (χ2v) is 4.47. The SMILES string of the molecule is CCCc1c(O)ccc2c1OC(C(=O)OC)CC2. The molecule has 0 spiro atoms. The summed E-state index contributed by atoms with van der Waals surface area (Å²) >= 11 is 0. The molecule has 0 amide bonds. The van der Waals surface area contributed by atoms with Crippen molar-refractivity contribution in [3.8, 4) is 11.5 Å². The molecule has 4 heteroatoms. The average Bonchev–Trinajstić information content (AvgIpc) is 2.40. The summed E-state index contributed by atoms with van der Waals surface area (Å²) in [5.41, 5.74) is 1.85. The van der Waals surface area contributed by atoms with Gasteiger partial charge in [-0.3, -0.25) is 0 Å². The van der Waals surface area contributed by atoms with Crippen LogP contribution in [0.3, 0.4) is 0 Å². The van der Waals surface area contributed by atoms with E-state index in [1.807, 2.05) is 13.0 Å². The summed E-state index contributed by atoms with van der Waals surface area (Å²) in [5, 5.41) is 9.88. The third kappa shape index (κ3) is 2.28. The molecule has 0 aliphatic carbocycles. The second kappa shape index (κ2) is 5.29. The maximum Gasteiger partial charge on any atom is 0.347 e. The molecule has 0 radical (unpaired) electrons. The number of aromatic hydroxyl groups is 1. The molecule has 18 heavy (non-hydrogen) atoms. The van der Waals surface area contributed by atoms with E-state index in [1.165, 1.54) is 7.11 Å². The Morgan fingerprint density at radius 2 is 2.33 bits per heavy atom. The zero-order valence-electron chi connectivity index (χ0n) is 10.7. The van der Waals surface area contributed by atoms with Crippen LogP contribution in [0.1, 0.15) is 30.9 Å². The Morgan fingerprint density at radius 1 is 1.56 bits per heavy atom. The maximum atomic E-state index is 11.5. The number of carbonyl (C=O) groups is 1. The van der Waals surface area contributed by atoms with Crippen molar-refractivity contribution >= 4 is 5.97 Å². The zero-order valence-corrected chi connectivity index (χ0v) is 10.7. The molecule has 0 bridgehead atoms. The molecule has 1 aliphatic heterocycles. The van der Waals surface area contributed by atoms with Gasteiger partial charge in [-0.25, -0.2) is 4.79 Å². The highest BCUT2D eigenvalue weighted by atomic mass is 16.6. The number of carbonyl (C=O) groups excluding carboxylic acids is 1. The Balaban J connectivity index is 2.33. The summed E-state index contributed by atoms with van der Waals surface area (Å²) in [6.07, 6.45) is 2.49. The Labute approximate surface area is 107 Å². The van der Waals surface area contributed by atoms with Gasteiger partial charge in [-0.15, -0.1) is 0 Å². The fourth-order valence-corrected chi connectivity index (χ4v) is 2.29. The van der Waals surface area contributed by atoms with Crippen LogP contribution in [0.15, 0.2) is 12.1 Å². The lowest BCUT2D eigenvalue weighted by atomic mass is 9.96. The summed E-state index contributed by atoms with van der Waals surface area (Å²) in [5.74, 6) is 0.547. The highest BCUT2D eigenvalue weighted by Crippen LogP contribution is 2.37.